The van der Waals surface area contributed by atoms with Crippen molar-refractivity contribution in [3.63, 3.8) is 0 Å². The van der Waals surface area contributed by atoms with Crippen LogP contribution < -0.4 is 4.74 Å². The van der Waals surface area contributed by atoms with Crippen LogP contribution in [0.15, 0.2) is 60.7 Å². The maximum atomic E-state index is 12.1. The number of nitrogens with zero attached hydrogens (tertiary/aromatic N) is 4. The SMILES string of the molecule is O=[N+]([O-])c1c2c(cc(-c3cccc(-c4nn[nH]n4)c3)c1OCc1ccccc1)CCC2. The van der Waals surface area contributed by atoms with Crippen molar-refractivity contribution in [2.24, 2.45) is 0 Å². The van der Waals surface area contributed by atoms with Gasteiger partial charge in [-0.05, 0) is 53.3 Å². The monoisotopic (exact) mass is 413 g/mol. The van der Waals surface area contributed by atoms with E-state index in [2.05, 4.69) is 20.6 Å². The van der Waals surface area contributed by atoms with E-state index in [9.17, 15) is 10.1 Å². The average Bonchev–Trinajstić information content (AvgIpc) is 3.49. The number of aromatic nitrogens is 4. The van der Waals surface area contributed by atoms with Crippen molar-refractivity contribution in [1.82, 2.24) is 20.6 Å². The number of fused-ring (bicyclic) bond motifs is 1. The Morgan fingerprint density at radius 3 is 2.65 bits per heavy atom. The zero-order valence-corrected chi connectivity index (χ0v) is 16.6. The molecule has 0 amide bonds. The van der Waals surface area contributed by atoms with Gasteiger partial charge in [0.2, 0.25) is 11.6 Å². The first-order chi connectivity index (χ1) is 15.2. The first-order valence-electron chi connectivity index (χ1n) is 10.0. The number of rotatable bonds is 6. The summed E-state index contributed by atoms with van der Waals surface area (Å²) >= 11 is 0. The predicted molar refractivity (Wildman–Crippen MR) is 115 cm³/mol. The molecule has 154 valence electrons. The number of aryl methyl sites for hydroxylation is 1. The van der Waals surface area contributed by atoms with Crippen molar-refractivity contribution in [2.75, 3.05) is 0 Å². The molecule has 0 fully saturated rings. The van der Waals surface area contributed by atoms with Gasteiger partial charge >= 0.3 is 5.69 Å². The zero-order chi connectivity index (χ0) is 21.2. The van der Waals surface area contributed by atoms with E-state index in [1.54, 1.807) is 0 Å². The van der Waals surface area contributed by atoms with E-state index in [1.807, 2.05) is 60.7 Å². The molecule has 0 saturated heterocycles. The van der Waals surface area contributed by atoms with Crippen molar-refractivity contribution in [2.45, 2.75) is 25.9 Å². The summed E-state index contributed by atoms with van der Waals surface area (Å²) in [6.07, 6.45) is 2.42. The van der Waals surface area contributed by atoms with Gasteiger partial charge in [0.05, 0.1) is 4.92 Å². The second-order valence-electron chi connectivity index (χ2n) is 7.44. The van der Waals surface area contributed by atoms with Gasteiger partial charge in [-0.15, -0.1) is 10.2 Å². The molecule has 8 nitrogen and oxygen atoms in total. The van der Waals surface area contributed by atoms with E-state index >= 15 is 0 Å². The number of nitro benzene ring substituents is 1. The lowest BCUT2D eigenvalue weighted by atomic mass is 9.96. The van der Waals surface area contributed by atoms with Gasteiger partial charge in [-0.1, -0.05) is 48.5 Å². The number of hydrogen-bond acceptors (Lipinski definition) is 6. The minimum Gasteiger partial charge on any atom is -0.482 e. The van der Waals surface area contributed by atoms with Crippen molar-refractivity contribution in [3.8, 4) is 28.3 Å². The summed E-state index contributed by atoms with van der Waals surface area (Å²) in [6.45, 7) is 0.248. The van der Waals surface area contributed by atoms with Crippen LogP contribution in [-0.4, -0.2) is 25.5 Å². The number of nitrogens with one attached hydrogen (secondary N) is 1. The van der Waals surface area contributed by atoms with Crippen molar-refractivity contribution in [3.05, 3.63) is 87.5 Å². The van der Waals surface area contributed by atoms with Crippen LogP contribution in [0.1, 0.15) is 23.1 Å². The van der Waals surface area contributed by atoms with Crippen LogP contribution in [0.4, 0.5) is 5.69 Å². The van der Waals surface area contributed by atoms with Crippen LogP contribution in [0, 0.1) is 10.1 Å². The van der Waals surface area contributed by atoms with Gasteiger partial charge in [-0.25, -0.2) is 0 Å². The van der Waals surface area contributed by atoms with E-state index in [1.165, 1.54) is 0 Å². The first-order valence-corrected chi connectivity index (χ1v) is 10.0. The molecule has 0 saturated carbocycles. The lowest BCUT2D eigenvalue weighted by Gasteiger charge is -2.16. The van der Waals surface area contributed by atoms with Crippen LogP contribution in [0.3, 0.4) is 0 Å². The predicted octanol–water partition coefficient (Wildman–Crippen LogP) is 4.51. The molecule has 0 bridgehead atoms. The van der Waals surface area contributed by atoms with E-state index in [0.717, 1.165) is 40.7 Å². The van der Waals surface area contributed by atoms with Crippen LogP contribution in [0.2, 0.25) is 0 Å². The molecule has 0 spiro atoms. The lowest BCUT2D eigenvalue weighted by molar-refractivity contribution is -0.386. The second kappa shape index (κ2) is 7.98. The number of benzene rings is 3. The minimum atomic E-state index is -0.309. The molecule has 4 aromatic rings. The minimum absolute atomic E-state index is 0.0749. The molecule has 1 aliphatic carbocycles. The Balaban J connectivity index is 1.65. The fraction of sp³-hybridized carbons (Fsp3) is 0.174. The highest BCUT2D eigenvalue weighted by atomic mass is 16.6. The van der Waals surface area contributed by atoms with Gasteiger partial charge in [0.25, 0.3) is 0 Å². The molecule has 31 heavy (non-hydrogen) atoms. The van der Waals surface area contributed by atoms with Crippen molar-refractivity contribution < 1.29 is 9.66 Å². The van der Waals surface area contributed by atoms with Crippen molar-refractivity contribution >= 4 is 5.69 Å². The molecule has 5 rings (SSSR count). The van der Waals surface area contributed by atoms with E-state index in [-0.39, 0.29) is 17.2 Å². The smallest absolute Gasteiger partial charge is 0.315 e. The quantitative estimate of drug-likeness (QED) is 0.368. The number of hydrogen-bond donors (Lipinski definition) is 1. The molecule has 1 heterocycles. The normalized spacial score (nSPS) is 12.5. The highest BCUT2D eigenvalue weighted by Gasteiger charge is 2.31. The molecule has 8 heteroatoms. The Hall–Kier alpha value is -4.07. The van der Waals surface area contributed by atoms with Crippen LogP contribution in [0.25, 0.3) is 22.5 Å². The fourth-order valence-electron chi connectivity index (χ4n) is 4.09. The van der Waals surface area contributed by atoms with E-state index < -0.39 is 0 Å². The number of ether oxygens (including phenoxy) is 1. The van der Waals surface area contributed by atoms with Gasteiger partial charge in [0.1, 0.15) is 6.61 Å². The highest BCUT2D eigenvalue weighted by molar-refractivity contribution is 5.81. The topological polar surface area (TPSA) is 107 Å². The summed E-state index contributed by atoms with van der Waals surface area (Å²) in [5.41, 5.74) is 5.10. The van der Waals surface area contributed by atoms with Gasteiger partial charge < -0.3 is 4.74 Å². The summed E-state index contributed by atoms with van der Waals surface area (Å²) < 4.78 is 6.13. The Labute approximate surface area is 178 Å². The van der Waals surface area contributed by atoms with Crippen LogP contribution >= 0.6 is 0 Å². The molecular weight excluding hydrogens is 394 g/mol. The molecular formula is C23H19N5O3. The number of tetrazole rings is 1. The molecule has 3 aromatic carbocycles. The number of aromatic amines is 1. The number of H-pyrrole nitrogens is 1. The van der Waals surface area contributed by atoms with Gasteiger partial charge in [0, 0.05) is 16.7 Å². The zero-order valence-electron chi connectivity index (χ0n) is 16.6. The molecule has 0 aliphatic heterocycles. The van der Waals surface area contributed by atoms with E-state index in [4.69, 9.17) is 4.74 Å². The summed E-state index contributed by atoms with van der Waals surface area (Å²) in [5, 5.41) is 26.3. The summed E-state index contributed by atoms with van der Waals surface area (Å²) in [4.78, 5) is 11.8. The van der Waals surface area contributed by atoms with E-state index in [0.29, 0.717) is 23.6 Å². The maximum absolute atomic E-state index is 12.1. The summed E-state index contributed by atoms with van der Waals surface area (Å²) in [7, 11) is 0. The Morgan fingerprint density at radius 2 is 1.87 bits per heavy atom. The maximum Gasteiger partial charge on any atom is 0.315 e. The van der Waals surface area contributed by atoms with Gasteiger partial charge in [0.15, 0.2) is 0 Å². The van der Waals surface area contributed by atoms with Crippen molar-refractivity contribution in [1.29, 1.82) is 0 Å². The van der Waals surface area contributed by atoms with Crippen LogP contribution in [0.5, 0.6) is 5.75 Å². The third kappa shape index (κ3) is 3.63. The highest BCUT2D eigenvalue weighted by Crippen LogP contribution is 2.46. The van der Waals surface area contributed by atoms with Crippen LogP contribution in [-0.2, 0) is 19.4 Å². The number of nitro groups is 1. The second-order valence-corrected chi connectivity index (χ2v) is 7.44. The Morgan fingerprint density at radius 1 is 1.03 bits per heavy atom. The van der Waals surface area contributed by atoms with Gasteiger partial charge in [-0.3, -0.25) is 10.1 Å². The lowest BCUT2D eigenvalue weighted by Crippen LogP contribution is -2.04. The average molecular weight is 413 g/mol. The molecule has 1 N–H and O–H groups in total. The third-order valence-corrected chi connectivity index (χ3v) is 5.51. The van der Waals surface area contributed by atoms with Gasteiger partial charge in [-0.2, -0.15) is 5.21 Å². The Kier molecular flexibility index (Phi) is 4.87. The third-order valence-electron chi connectivity index (χ3n) is 5.51. The fourth-order valence-corrected chi connectivity index (χ4v) is 4.09. The summed E-state index contributed by atoms with van der Waals surface area (Å²) in [6, 6.07) is 19.3. The molecule has 0 atom stereocenters. The first kappa shape index (κ1) is 18.9. The molecule has 0 unspecified atom stereocenters. The summed E-state index contributed by atoms with van der Waals surface area (Å²) in [5.74, 6) is 0.768. The standard InChI is InChI=1S/C23H19N5O3/c29-28(30)21-19-11-5-9-17(19)13-20(22(21)31-14-15-6-2-1-3-7-15)16-8-4-10-18(12-16)23-24-26-27-25-23/h1-4,6-8,10,12-13H,5,9,11,14H2,(H,24,25,26,27). The largest absolute Gasteiger partial charge is 0.482 e. The molecule has 1 aromatic heterocycles. The molecule has 0 radical (unpaired) electrons. The Bertz CT molecular complexity index is 1240. The molecule has 1 aliphatic rings.